The van der Waals surface area contributed by atoms with Crippen molar-refractivity contribution in [3.8, 4) is 0 Å². The van der Waals surface area contributed by atoms with E-state index in [1.54, 1.807) is 6.07 Å². The Morgan fingerprint density at radius 3 is 2.84 bits per heavy atom. The number of hydrogen-bond acceptors (Lipinski definition) is 11. The number of rotatable bonds is 11. The summed E-state index contributed by atoms with van der Waals surface area (Å²) in [6.45, 7) is 1.84. The van der Waals surface area contributed by atoms with Gasteiger partial charge in [-0.2, -0.15) is 4.91 Å². The fourth-order valence-electron chi connectivity index (χ4n) is 4.74. The molecular weight excluding hydrogens is 508 g/mol. The van der Waals surface area contributed by atoms with Gasteiger partial charge >= 0.3 is 0 Å². The molecule has 0 unspecified atom stereocenters. The van der Waals surface area contributed by atoms with Crippen molar-refractivity contribution < 1.29 is 23.7 Å². The molecule has 1 aromatic carbocycles. The summed E-state index contributed by atoms with van der Waals surface area (Å²) >= 11 is 1.46. The molecule has 2 saturated carbocycles. The van der Waals surface area contributed by atoms with Crippen LogP contribution in [0, 0.1) is 16.5 Å². The molecule has 2 fully saturated rings. The van der Waals surface area contributed by atoms with Crippen LogP contribution in [-0.4, -0.2) is 78.4 Å². The van der Waals surface area contributed by atoms with Crippen molar-refractivity contribution in [3.63, 3.8) is 0 Å². The minimum absolute atomic E-state index is 0.0117. The predicted octanol–water partition coefficient (Wildman–Crippen LogP) is 2.79. The molecule has 14 heteroatoms. The molecule has 2 heterocycles. The van der Waals surface area contributed by atoms with Crippen LogP contribution in [0.3, 0.4) is 0 Å². The molecule has 198 valence electrons. The van der Waals surface area contributed by atoms with Crippen LogP contribution in [-0.2, 0) is 4.74 Å². The van der Waals surface area contributed by atoms with Crippen molar-refractivity contribution in [3.05, 3.63) is 40.3 Å². The average Bonchev–Trinajstić information content (AvgIpc) is 3.41. The van der Waals surface area contributed by atoms with E-state index in [0.29, 0.717) is 34.1 Å². The van der Waals surface area contributed by atoms with Crippen LogP contribution in [0.15, 0.2) is 28.5 Å². The number of benzene rings is 1. The number of hydrogen-bond donors (Lipinski definition) is 3. The van der Waals surface area contributed by atoms with Crippen molar-refractivity contribution in [2.24, 2.45) is 5.18 Å². The van der Waals surface area contributed by atoms with Crippen LogP contribution < -0.4 is 5.32 Å². The van der Waals surface area contributed by atoms with Crippen molar-refractivity contribution >= 4 is 28.7 Å². The fourth-order valence-corrected chi connectivity index (χ4v) is 5.44. The van der Waals surface area contributed by atoms with Crippen molar-refractivity contribution in [1.29, 1.82) is 0 Å². The summed E-state index contributed by atoms with van der Waals surface area (Å²) in [6.07, 6.45) is -0.00222. The van der Waals surface area contributed by atoms with Gasteiger partial charge in [-0.15, -0.1) is 5.10 Å². The Kier molecular flexibility index (Phi) is 7.60. The molecule has 11 nitrogen and oxygen atoms in total. The third-order valence-electron chi connectivity index (χ3n) is 6.68. The summed E-state index contributed by atoms with van der Waals surface area (Å²) in [6, 6.07) is 2.16. The molecule has 0 radical (unpaired) electrons. The van der Waals surface area contributed by atoms with E-state index >= 15 is 0 Å². The number of thioether (sulfide) groups is 1. The number of aliphatic hydroxyl groups excluding tert-OH is 2. The first-order chi connectivity index (χ1) is 17.9. The van der Waals surface area contributed by atoms with E-state index in [4.69, 9.17) is 9.84 Å². The van der Waals surface area contributed by atoms with Crippen LogP contribution in [0.1, 0.15) is 43.7 Å². The van der Waals surface area contributed by atoms with E-state index in [1.807, 2.05) is 6.92 Å². The van der Waals surface area contributed by atoms with E-state index in [-0.39, 0.29) is 31.6 Å². The maximum Gasteiger partial charge on any atom is 0.191 e. The molecule has 0 aliphatic heterocycles. The standard InChI is InChI=1S/C23H27F2N7O4S/c1-2-7-37-23-27-21(26-15-9-12(15)11-3-4-13(24)14(25)8-11)19-22(28-23)32(31-29-19)16-10-17(36-6-5-33)18(30-35)20(16)34/h3-4,8,12,15-18,20,33-34H,2,5-7,9-10H2,1H3,(H,26,27,28)/t12-,15+,16+,17-,18+,20-/m0/s1. The van der Waals surface area contributed by atoms with E-state index in [0.717, 1.165) is 18.2 Å². The molecule has 3 N–H and O–H groups in total. The highest BCUT2D eigenvalue weighted by atomic mass is 32.2. The van der Waals surface area contributed by atoms with Crippen LogP contribution in [0.2, 0.25) is 0 Å². The smallest absolute Gasteiger partial charge is 0.191 e. The lowest BCUT2D eigenvalue weighted by Gasteiger charge is -2.16. The molecule has 37 heavy (non-hydrogen) atoms. The molecule has 0 bridgehead atoms. The van der Waals surface area contributed by atoms with Crippen molar-refractivity contribution in [1.82, 2.24) is 25.0 Å². The highest BCUT2D eigenvalue weighted by Crippen LogP contribution is 2.44. The largest absolute Gasteiger partial charge is 0.394 e. The fraction of sp³-hybridized carbons (Fsp3) is 0.565. The summed E-state index contributed by atoms with van der Waals surface area (Å²) in [7, 11) is 0. The second-order valence-corrected chi connectivity index (χ2v) is 10.3. The summed E-state index contributed by atoms with van der Waals surface area (Å²) in [5, 5.41) is 35.3. The first-order valence-electron chi connectivity index (χ1n) is 12.1. The van der Waals surface area contributed by atoms with E-state index < -0.39 is 35.9 Å². The van der Waals surface area contributed by atoms with Crippen molar-refractivity contribution in [2.45, 2.75) is 67.6 Å². The number of halogens is 2. The second-order valence-electron chi connectivity index (χ2n) is 9.20. The number of aliphatic hydroxyl groups is 2. The van der Waals surface area contributed by atoms with Crippen molar-refractivity contribution in [2.75, 3.05) is 24.3 Å². The first-order valence-corrected chi connectivity index (χ1v) is 13.1. The van der Waals surface area contributed by atoms with Crippen LogP contribution in [0.25, 0.3) is 11.2 Å². The number of nitroso groups, excluding NO2 is 1. The highest BCUT2D eigenvalue weighted by Gasteiger charge is 2.47. The molecule has 6 atom stereocenters. The average molecular weight is 536 g/mol. The minimum Gasteiger partial charge on any atom is -0.394 e. The van der Waals surface area contributed by atoms with Gasteiger partial charge in [0.15, 0.2) is 33.8 Å². The molecule has 5 rings (SSSR count). The molecule has 2 aromatic heterocycles. The Bertz CT molecular complexity index is 1280. The van der Waals surface area contributed by atoms with Gasteiger partial charge in [-0.1, -0.05) is 35.1 Å². The number of ether oxygens (including phenoxy) is 1. The monoisotopic (exact) mass is 535 g/mol. The number of anilines is 1. The third-order valence-corrected chi connectivity index (χ3v) is 7.73. The number of fused-ring (bicyclic) bond motifs is 1. The molecule has 3 aromatic rings. The second kappa shape index (κ2) is 10.9. The predicted molar refractivity (Wildman–Crippen MR) is 131 cm³/mol. The molecule has 0 saturated heterocycles. The number of aromatic nitrogens is 5. The van der Waals surface area contributed by atoms with Crippen LogP contribution >= 0.6 is 11.8 Å². The summed E-state index contributed by atoms with van der Waals surface area (Å²) in [4.78, 5) is 20.7. The van der Waals surface area contributed by atoms with E-state index in [1.165, 1.54) is 22.5 Å². The quantitative estimate of drug-likeness (QED) is 0.190. The zero-order chi connectivity index (χ0) is 26.1. The van der Waals surface area contributed by atoms with E-state index in [2.05, 4.69) is 30.8 Å². The van der Waals surface area contributed by atoms with Gasteiger partial charge in [0.1, 0.15) is 12.1 Å². The zero-order valence-electron chi connectivity index (χ0n) is 20.0. The summed E-state index contributed by atoms with van der Waals surface area (Å²) in [5.41, 5.74) is 1.47. The van der Waals surface area contributed by atoms with Gasteiger partial charge in [0.25, 0.3) is 0 Å². The van der Waals surface area contributed by atoms with Gasteiger partial charge in [-0.25, -0.2) is 23.4 Å². The topological polar surface area (TPSA) is 148 Å². The Morgan fingerprint density at radius 1 is 1.27 bits per heavy atom. The van der Waals surface area contributed by atoms with Gasteiger partial charge < -0.3 is 20.3 Å². The highest BCUT2D eigenvalue weighted by molar-refractivity contribution is 7.99. The lowest BCUT2D eigenvalue weighted by atomic mass is 10.1. The lowest BCUT2D eigenvalue weighted by Crippen LogP contribution is -2.31. The Morgan fingerprint density at radius 2 is 2.11 bits per heavy atom. The van der Waals surface area contributed by atoms with Gasteiger partial charge in [0, 0.05) is 24.1 Å². The lowest BCUT2D eigenvalue weighted by molar-refractivity contribution is 0.0135. The normalized spacial score (nSPS) is 27.1. The Balaban J connectivity index is 1.44. The van der Waals surface area contributed by atoms with Gasteiger partial charge in [0.05, 0.1) is 25.4 Å². The minimum atomic E-state index is -1.18. The van der Waals surface area contributed by atoms with E-state index in [9.17, 15) is 18.8 Å². The number of nitrogens with one attached hydrogen (secondary N) is 1. The molecule has 2 aliphatic rings. The molecule has 0 amide bonds. The summed E-state index contributed by atoms with van der Waals surface area (Å²) < 4.78 is 34.1. The molecular formula is C23H27F2N7O4S. The van der Waals surface area contributed by atoms with Gasteiger partial charge in [-0.3, -0.25) is 0 Å². The maximum atomic E-state index is 13.7. The molecule has 2 aliphatic carbocycles. The Hall–Kier alpha value is -2.81. The SMILES string of the molecule is CCCSc1nc(N[C@@H]2C[C@H]2c2ccc(F)c(F)c2)c2nnn([C@@H]3C[C@H](OCCO)[C@@H](N=O)[C@H]3O)c2n1. The Labute approximate surface area is 215 Å². The number of nitrogens with zero attached hydrogens (tertiary/aromatic N) is 6. The first kappa shape index (κ1) is 25.8. The van der Waals surface area contributed by atoms with Gasteiger partial charge in [0.2, 0.25) is 0 Å². The maximum absolute atomic E-state index is 13.7. The van der Waals surface area contributed by atoms with Crippen LogP contribution in [0.4, 0.5) is 14.6 Å². The molecule has 0 spiro atoms. The summed E-state index contributed by atoms with van der Waals surface area (Å²) in [5.74, 6) is -0.537. The zero-order valence-corrected chi connectivity index (χ0v) is 20.8. The van der Waals surface area contributed by atoms with Gasteiger partial charge in [-0.05, 0) is 30.5 Å². The van der Waals surface area contributed by atoms with Crippen LogP contribution in [0.5, 0.6) is 0 Å². The third kappa shape index (κ3) is 5.15.